The van der Waals surface area contributed by atoms with E-state index in [0.717, 1.165) is 50.8 Å². The maximum Gasteiger partial charge on any atom is 0.229 e. The van der Waals surface area contributed by atoms with Gasteiger partial charge >= 0.3 is 0 Å². The zero-order valence-corrected chi connectivity index (χ0v) is 19.3. The first-order valence-electron chi connectivity index (χ1n) is 10.6. The summed E-state index contributed by atoms with van der Waals surface area (Å²) in [7, 11) is 1.64. The fourth-order valence-electron chi connectivity index (χ4n) is 4.25. The van der Waals surface area contributed by atoms with Gasteiger partial charge in [-0.1, -0.05) is 29.8 Å². The number of thiophene rings is 1. The molecule has 6 heteroatoms. The van der Waals surface area contributed by atoms with Crippen molar-refractivity contribution >= 4 is 43.8 Å². The molecule has 2 heterocycles. The Bertz CT molecular complexity index is 1240. The van der Waals surface area contributed by atoms with Crippen LogP contribution in [0.1, 0.15) is 34.4 Å². The molecule has 0 spiro atoms. The number of methoxy groups -OCH3 is 1. The maximum atomic E-state index is 13.1. The molecule has 2 aromatic heterocycles. The van der Waals surface area contributed by atoms with Crippen LogP contribution < -0.4 is 10.1 Å². The van der Waals surface area contributed by atoms with Gasteiger partial charge in [0.05, 0.1) is 23.7 Å². The molecule has 0 saturated heterocycles. The van der Waals surface area contributed by atoms with Gasteiger partial charge in [-0.15, -0.1) is 22.7 Å². The topological polar surface area (TPSA) is 51.2 Å². The Kier molecular flexibility index (Phi) is 5.50. The number of aryl methyl sites for hydroxylation is 2. The normalized spacial score (nSPS) is 13.2. The number of nitrogens with one attached hydrogen (secondary N) is 1. The third-order valence-electron chi connectivity index (χ3n) is 5.72. The van der Waals surface area contributed by atoms with Gasteiger partial charge in [0.25, 0.3) is 0 Å². The number of thiazole rings is 1. The molecule has 0 atom stereocenters. The zero-order chi connectivity index (χ0) is 21.4. The molecule has 0 aliphatic heterocycles. The minimum Gasteiger partial charge on any atom is -0.496 e. The van der Waals surface area contributed by atoms with E-state index in [9.17, 15) is 4.79 Å². The van der Waals surface area contributed by atoms with Crippen molar-refractivity contribution in [1.29, 1.82) is 0 Å². The summed E-state index contributed by atoms with van der Waals surface area (Å²) in [6.45, 7) is 2.03. The average Bonchev–Trinajstić information content (AvgIpc) is 3.34. The number of anilines is 1. The Labute approximate surface area is 189 Å². The molecule has 0 saturated carbocycles. The number of aromatic nitrogens is 1. The summed E-state index contributed by atoms with van der Waals surface area (Å²) in [6, 6.07) is 14.2. The number of benzene rings is 2. The fraction of sp³-hybridized carbons (Fsp3) is 0.280. The monoisotopic (exact) mass is 448 g/mol. The highest BCUT2D eigenvalue weighted by atomic mass is 32.1. The smallest absolute Gasteiger partial charge is 0.229 e. The molecule has 31 heavy (non-hydrogen) atoms. The highest BCUT2D eigenvalue weighted by Crippen LogP contribution is 2.46. The lowest BCUT2D eigenvalue weighted by Crippen LogP contribution is -2.15. The molecular formula is C25H24N2O2S2. The Morgan fingerprint density at radius 1 is 1.13 bits per heavy atom. The van der Waals surface area contributed by atoms with E-state index in [4.69, 9.17) is 9.72 Å². The predicted molar refractivity (Wildman–Crippen MR) is 130 cm³/mol. The third-order valence-corrected chi connectivity index (χ3v) is 7.98. The van der Waals surface area contributed by atoms with E-state index in [1.165, 1.54) is 28.0 Å². The van der Waals surface area contributed by atoms with Gasteiger partial charge in [0.1, 0.15) is 15.8 Å². The molecule has 5 rings (SSSR count). The molecule has 2 aromatic carbocycles. The number of rotatable bonds is 5. The van der Waals surface area contributed by atoms with Crippen LogP contribution in [-0.2, 0) is 24.1 Å². The highest BCUT2D eigenvalue weighted by molar-refractivity contribution is 7.22. The molecule has 0 unspecified atom stereocenters. The lowest BCUT2D eigenvalue weighted by Gasteiger charge is -2.12. The van der Waals surface area contributed by atoms with Gasteiger partial charge in [-0.2, -0.15) is 0 Å². The molecule has 4 nitrogen and oxygen atoms in total. The molecule has 4 aromatic rings. The Morgan fingerprint density at radius 2 is 1.97 bits per heavy atom. The average molecular weight is 449 g/mol. The maximum absolute atomic E-state index is 13.1. The lowest BCUT2D eigenvalue weighted by atomic mass is 9.95. The molecule has 1 aliphatic carbocycles. The van der Waals surface area contributed by atoms with Crippen LogP contribution in [-0.4, -0.2) is 18.0 Å². The predicted octanol–water partition coefficient (Wildman–Crippen LogP) is 6.40. The van der Waals surface area contributed by atoms with E-state index in [0.29, 0.717) is 0 Å². The number of carbonyl (C=O) groups is 1. The van der Waals surface area contributed by atoms with Crippen molar-refractivity contribution in [3.05, 3.63) is 64.0 Å². The Morgan fingerprint density at radius 3 is 2.81 bits per heavy atom. The minimum absolute atomic E-state index is 0.0233. The highest BCUT2D eigenvalue weighted by Gasteiger charge is 2.25. The van der Waals surface area contributed by atoms with Gasteiger partial charge in [0, 0.05) is 16.0 Å². The van der Waals surface area contributed by atoms with E-state index in [1.54, 1.807) is 29.8 Å². The first-order valence-corrected chi connectivity index (χ1v) is 12.2. The van der Waals surface area contributed by atoms with Crippen LogP contribution in [0.2, 0.25) is 0 Å². The molecule has 0 radical (unpaired) electrons. The van der Waals surface area contributed by atoms with E-state index in [1.807, 2.05) is 37.3 Å². The van der Waals surface area contributed by atoms with Crippen LogP contribution in [0.4, 0.5) is 5.00 Å². The van der Waals surface area contributed by atoms with Crippen LogP contribution in [0.15, 0.2) is 42.5 Å². The molecule has 1 N–H and O–H groups in total. The number of carbonyl (C=O) groups excluding carboxylic acids is 1. The molecular weight excluding hydrogens is 424 g/mol. The fourth-order valence-corrected chi connectivity index (χ4v) is 6.66. The van der Waals surface area contributed by atoms with Crippen molar-refractivity contribution in [2.24, 2.45) is 0 Å². The molecule has 1 amide bonds. The van der Waals surface area contributed by atoms with Gasteiger partial charge < -0.3 is 10.1 Å². The number of hydrogen-bond donors (Lipinski definition) is 1. The standard InChI is InChI=1S/C25H24N2O2S2/c1-15-11-12-19(29-2)16(13-15)14-22(28)27-25-23(17-7-3-5-9-20(17)30-25)24-26-18-8-4-6-10-21(18)31-24/h4,6,8,10-13H,3,5,7,9,14H2,1-2H3,(H,27,28). The second-order valence-corrected chi connectivity index (χ2v) is 10.1. The van der Waals surface area contributed by atoms with Crippen molar-refractivity contribution in [3.8, 4) is 16.3 Å². The summed E-state index contributed by atoms with van der Waals surface area (Å²) in [6.07, 6.45) is 4.82. The zero-order valence-electron chi connectivity index (χ0n) is 17.7. The van der Waals surface area contributed by atoms with Crippen molar-refractivity contribution in [3.63, 3.8) is 0 Å². The van der Waals surface area contributed by atoms with Crippen molar-refractivity contribution in [2.75, 3.05) is 12.4 Å². The van der Waals surface area contributed by atoms with Crippen LogP contribution in [0.3, 0.4) is 0 Å². The molecule has 1 aliphatic rings. The van der Waals surface area contributed by atoms with Crippen molar-refractivity contribution in [1.82, 2.24) is 4.98 Å². The van der Waals surface area contributed by atoms with E-state index >= 15 is 0 Å². The summed E-state index contributed by atoms with van der Waals surface area (Å²) in [5.41, 5.74) is 5.54. The van der Waals surface area contributed by atoms with E-state index in [-0.39, 0.29) is 12.3 Å². The van der Waals surface area contributed by atoms with Crippen LogP contribution in [0.25, 0.3) is 20.8 Å². The number of amides is 1. The van der Waals surface area contributed by atoms with Gasteiger partial charge in [-0.25, -0.2) is 4.98 Å². The number of nitrogens with zero attached hydrogens (tertiary/aromatic N) is 1. The van der Waals surface area contributed by atoms with Gasteiger partial charge in [-0.3, -0.25) is 4.79 Å². The molecule has 158 valence electrons. The molecule has 0 bridgehead atoms. The van der Waals surface area contributed by atoms with Crippen LogP contribution in [0.5, 0.6) is 5.75 Å². The first-order chi connectivity index (χ1) is 15.1. The largest absolute Gasteiger partial charge is 0.496 e. The van der Waals surface area contributed by atoms with Crippen LogP contribution >= 0.6 is 22.7 Å². The molecule has 0 fully saturated rings. The summed E-state index contributed by atoms with van der Waals surface area (Å²) in [5.74, 6) is 0.725. The van der Waals surface area contributed by atoms with Gasteiger partial charge in [0.15, 0.2) is 0 Å². The van der Waals surface area contributed by atoms with Crippen LogP contribution in [0, 0.1) is 6.92 Å². The summed E-state index contributed by atoms with van der Waals surface area (Å²) in [5, 5.41) is 5.16. The minimum atomic E-state index is -0.0233. The number of fused-ring (bicyclic) bond motifs is 2. The van der Waals surface area contributed by atoms with Crippen molar-refractivity contribution < 1.29 is 9.53 Å². The number of para-hydroxylation sites is 1. The number of ether oxygens (including phenoxy) is 1. The second kappa shape index (κ2) is 8.44. The Balaban J connectivity index is 1.50. The Hall–Kier alpha value is -2.70. The summed E-state index contributed by atoms with van der Waals surface area (Å²) >= 11 is 3.43. The first kappa shape index (κ1) is 20.2. The second-order valence-electron chi connectivity index (χ2n) is 7.94. The SMILES string of the molecule is COc1ccc(C)cc1CC(=O)Nc1sc2c(c1-c1nc3ccccc3s1)CCCC2. The quantitative estimate of drug-likeness (QED) is 0.384. The lowest BCUT2D eigenvalue weighted by molar-refractivity contribution is -0.115. The van der Waals surface area contributed by atoms with Gasteiger partial charge in [0.2, 0.25) is 5.91 Å². The summed E-state index contributed by atoms with van der Waals surface area (Å²) in [4.78, 5) is 19.4. The third kappa shape index (κ3) is 3.98. The van der Waals surface area contributed by atoms with E-state index in [2.05, 4.69) is 17.4 Å². The van der Waals surface area contributed by atoms with E-state index < -0.39 is 0 Å². The van der Waals surface area contributed by atoms with Crippen molar-refractivity contribution in [2.45, 2.75) is 39.0 Å². The number of hydrogen-bond acceptors (Lipinski definition) is 5. The van der Waals surface area contributed by atoms with Gasteiger partial charge in [-0.05, 0) is 56.4 Å². The summed E-state index contributed by atoms with van der Waals surface area (Å²) < 4.78 is 6.63.